The Bertz CT molecular complexity index is 774. The van der Waals surface area contributed by atoms with Gasteiger partial charge in [-0.3, -0.25) is 4.99 Å². The molecule has 2 N–H and O–H groups in total. The molecule has 0 aliphatic heterocycles. The van der Waals surface area contributed by atoms with Gasteiger partial charge in [-0.15, -0.1) is 24.0 Å². The molecule has 0 aliphatic rings. The third kappa shape index (κ3) is 8.39. The summed E-state index contributed by atoms with van der Waals surface area (Å²) in [5, 5.41) is 6.15. The van der Waals surface area contributed by atoms with E-state index in [0.717, 1.165) is 18.7 Å². The molecule has 0 spiro atoms. The van der Waals surface area contributed by atoms with Crippen molar-refractivity contribution in [3.8, 4) is 11.8 Å². The quantitative estimate of drug-likeness (QED) is 0.291. The predicted octanol–water partition coefficient (Wildman–Crippen LogP) is 3.73. The Labute approximate surface area is 174 Å². The first-order valence-electron chi connectivity index (χ1n) is 8.28. The molecule has 4 nitrogen and oxygen atoms in total. The smallest absolute Gasteiger partial charge is 0.357 e. The number of rotatable bonds is 5. The molecule has 0 bridgehead atoms. The lowest BCUT2D eigenvalue weighted by atomic mass is 10.1. The van der Waals surface area contributed by atoms with E-state index in [0.29, 0.717) is 24.6 Å². The zero-order chi connectivity index (χ0) is 18.8. The molecule has 1 heterocycles. The van der Waals surface area contributed by atoms with Crippen molar-refractivity contribution < 1.29 is 13.2 Å². The molecule has 146 valence electrons. The number of benzene rings is 1. The maximum atomic E-state index is 12.7. The van der Waals surface area contributed by atoms with Crippen molar-refractivity contribution >= 4 is 29.9 Å². The number of nitrogens with zero attached hydrogens (tertiary/aromatic N) is 2. The lowest BCUT2D eigenvalue weighted by molar-refractivity contribution is -0.137. The zero-order valence-electron chi connectivity index (χ0n) is 14.9. The largest absolute Gasteiger partial charge is 0.416 e. The van der Waals surface area contributed by atoms with Gasteiger partial charge in [0.2, 0.25) is 0 Å². The van der Waals surface area contributed by atoms with Crippen LogP contribution in [0.3, 0.4) is 0 Å². The van der Waals surface area contributed by atoms with Crippen molar-refractivity contribution in [1.82, 2.24) is 15.2 Å². The van der Waals surface area contributed by atoms with E-state index < -0.39 is 11.7 Å². The molecule has 0 atom stereocenters. The number of aliphatic imine (C=N–C) groups is 1. The van der Waals surface area contributed by atoms with E-state index in [9.17, 15) is 13.2 Å². The van der Waals surface area contributed by atoms with Crippen LogP contribution < -0.4 is 10.6 Å². The van der Waals surface area contributed by atoms with Crippen LogP contribution in [0.25, 0.3) is 0 Å². The van der Waals surface area contributed by atoms with Gasteiger partial charge in [0.1, 0.15) is 0 Å². The number of aromatic nitrogens is 1. The van der Waals surface area contributed by atoms with Crippen LogP contribution in [0.5, 0.6) is 0 Å². The van der Waals surface area contributed by atoms with E-state index in [2.05, 4.69) is 27.5 Å². The SMILES string of the molecule is CCNC(=NCCn1cccc1)NCC#Cc1cccc(C(F)(F)F)c1.I. The van der Waals surface area contributed by atoms with Gasteiger partial charge in [0.15, 0.2) is 5.96 Å². The standard InChI is InChI=1S/C19H21F3N4.HI/c1-2-23-18(25-11-14-26-12-3-4-13-26)24-10-6-8-16-7-5-9-17(15-16)19(20,21)22;/h3-5,7,9,12-13,15H,2,10-11,14H2,1H3,(H2,23,24,25);1H. The van der Waals surface area contributed by atoms with Crippen molar-refractivity contribution in [3.63, 3.8) is 0 Å². The molecule has 0 radical (unpaired) electrons. The van der Waals surface area contributed by atoms with E-state index in [1.165, 1.54) is 6.07 Å². The van der Waals surface area contributed by atoms with Crippen LogP contribution in [0.15, 0.2) is 53.8 Å². The summed E-state index contributed by atoms with van der Waals surface area (Å²) in [6.45, 7) is 4.31. The maximum absolute atomic E-state index is 12.7. The van der Waals surface area contributed by atoms with Crippen LogP contribution in [-0.4, -0.2) is 30.2 Å². The van der Waals surface area contributed by atoms with E-state index in [1.54, 1.807) is 6.07 Å². The summed E-state index contributed by atoms with van der Waals surface area (Å²) in [5.74, 6) is 6.18. The fraction of sp³-hybridized carbons (Fsp3) is 0.316. The van der Waals surface area contributed by atoms with Crippen LogP contribution >= 0.6 is 24.0 Å². The molecule has 27 heavy (non-hydrogen) atoms. The number of alkyl halides is 3. The van der Waals surface area contributed by atoms with Crippen molar-refractivity contribution in [2.24, 2.45) is 4.99 Å². The Morgan fingerprint density at radius 2 is 1.89 bits per heavy atom. The van der Waals surface area contributed by atoms with E-state index in [4.69, 9.17) is 0 Å². The summed E-state index contributed by atoms with van der Waals surface area (Å²) in [6, 6.07) is 8.90. The summed E-state index contributed by atoms with van der Waals surface area (Å²) in [5.41, 5.74) is -0.367. The highest BCUT2D eigenvalue weighted by atomic mass is 127. The molecule has 8 heteroatoms. The molecule has 0 saturated heterocycles. The van der Waals surface area contributed by atoms with Crippen LogP contribution in [-0.2, 0) is 12.7 Å². The molecule has 0 fully saturated rings. The van der Waals surface area contributed by atoms with Gasteiger partial charge in [0, 0.05) is 31.0 Å². The average Bonchev–Trinajstić information content (AvgIpc) is 3.11. The minimum atomic E-state index is -4.36. The second-order valence-electron chi connectivity index (χ2n) is 5.42. The summed E-state index contributed by atoms with van der Waals surface area (Å²) >= 11 is 0. The summed E-state index contributed by atoms with van der Waals surface area (Å²) in [6.07, 6.45) is -0.423. The Morgan fingerprint density at radius 1 is 1.15 bits per heavy atom. The van der Waals surface area contributed by atoms with E-state index in [-0.39, 0.29) is 30.5 Å². The normalized spacial score (nSPS) is 11.2. The Morgan fingerprint density at radius 3 is 2.56 bits per heavy atom. The molecule has 2 aromatic rings. The number of nitrogens with one attached hydrogen (secondary N) is 2. The van der Waals surface area contributed by atoms with Gasteiger partial charge in [-0.2, -0.15) is 13.2 Å². The van der Waals surface area contributed by atoms with Crippen molar-refractivity contribution in [2.75, 3.05) is 19.6 Å². The Hall–Kier alpha value is -2.15. The fourth-order valence-corrected chi connectivity index (χ4v) is 2.19. The second-order valence-corrected chi connectivity index (χ2v) is 5.42. The predicted molar refractivity (Wildman–Crippen MR) is 112 cm³/mol. The van der Waals surface area contributed by atoms with Gasteiger partial charge >= 0.3 is 6.18 Å². The van der Waals surface area contributed by atoms with Crippen molar-refractivity contribution in [2.45, 2.75) is 19.6 Å². The fourth-order valence-electron chi connectivity index (χ4n) is 2.19. The third-order valence-electron chi connectivity index (χ3n) is 3.41. The van der Waals surface area contributed by atoms with Crippen molar-refractivity contribution in [1.29, 1.82) is 0 Å². The first-order chi connectivity index (χ1) is 12.5. The first kappa shape index (κ1) is 22.9. The number of hydrogen-bond donors (Lipinski definition) is 2. The van der Waals surface area contributed by atoms with Gasteiger partial charge < -0.3 is 15.2 Å². The molecule has 0 amide bonds. The minimum Gasteiger partial charge on any atom is -0.357 e. The first-order valence-corrected chi connectivity index (χ1v) is 8.28. The average molecular weight is 490 g/mol. The highest BCUT2D eigenvalue weighted by Gasteiger charge is 2.30. The van der Waals surface area contributed by atoms with Gasteiger partial charge in [-0.1, -0.05) is 17.9 Å². The molecule has 0 saturated carbocycles. The Balaban J connectivity index is 0.00000364. The maximum Gasteiger partial charge on any atom is 0.416 e. The third-order valence-corrected chi connectivity index (χ3v) is 3.41. The molecule has 0 unspecified atom stereocenters. The lowest BCUT2D eigenvalue weighted by Gasteiger charge is -2.09. The van der Waals surface area contributed by atoms with E-state index in [1.807, 2.05) is 36.0 Å². The highest BCUT2D eigenvalue weighted by Crippen LogP contribution is 2.29. The molecule has 1 aromatic carbocycles. The van der Waals surface area contributed by atoms with Crippen LogP contribution in [0.2, 0.25) is 0 Å². The lowest BCUT2D eigenvalue weighted by Crippen LogP contribution is -2.37. The summed E-state index contributed by atoms with van der Waals surface area (Å²) in [4.78, 5) is 4.44. The van der Waals surface area contributed by atoms with E-state index >= 15 is 0 Å². The zero-order valence-corrected chi connectivity index (χ0v) is 17.2. The van der Waals surface area contributed by atoms with Gasteiger partial charge in [0.25, 0.3) is 0 Å². The molecule has 0 aliphatic carbocycles. The molecular weight excluding hydrogens is 468 g/mol. The Kier molecular flexibility index (Phi) is 9.78. The highest BCUT2D eigenvalue weighted by molar-refractivity contribution is 14.0. The minimum absolute atomic E-state index is 0. The van der Waals surface area contributed by atoms with Crippen LogP contribution in [0.1, 0.15) is 18.1 Å². The molecular formula is C19H22F3IN4. The molecule has 2 rings (SSSR count). The summed E-state index contributed by atoms with van der Waals surface area (Å²) < 4.78 is 40.1. The van der Waals surface area contributed by atoms with Crippen LogP contribution in [0, 0.1) is 11.8 Å². The topological polar surface area (TPSA) is 41.4 Å². The number of guanidine groups is 1. The second kappa shape index (κ2) is 11.5. The van der Waals surface area contributed by atoms with Gasteiger partial charge in [0.05, 0.1) is 18.7 Å². The summed E-state index contributed by atoms with van der Waals surface area (Å²) in [7, 11) is 0. The number of hydrogen-bond acceptors (Lipinski definition) is 1. The van der Waals surface area contributed by atoms with Gasteiger partial charge in [-0.25, -0.2) is 0 Å². The van der Waals surface area contributed by atoms with Crippen LogP contribution in [0.4, 0.5) is 13.2 Å². The monoisotopic (exact) mass is 490 g/mol. The van der Waals surface area contributed by atoms with Gasteiger partial charge in [-0.05, 0) is 37.3 Å². The number of halogens is 4. The van der Waals surface area contributed by atoms with Crippen molar-refractivity contribution in [3.05, 3.63) is 59.9 Å². The molecule has 1 aromatic heterocycles.